The fraction of sp³-hybridized carbons (Fsp3) is 0.800. The Morgan fingerprint density at radius 1 is 1.50 bits per heavy atom. The smallest absolute Gasteiger partial charge is 0.0449 e. The highest BCUT2D eigenvalue weighted by atomic mass is 32.2. The van der Waals surface area contributed by atoms with E-state index in [1.165, 1.54) is 11.5 Å². The molecule has 3 unspecified atom stereocenters. The highest BCUT2D eigenvalue weighted by molar-refractivity contribution is 8.07. The molecule has 0 saturated carbocycles. The zero-order valence-corrected chi connectivity index (χ0v) is 10.4. The van der Waals surface area contributed by atoms with Crippen molar-refractivity contribution >= 4 is 23.5 Å². The molecule has 0 spiro atoms. The molecule has 0 aromatic carbocycles. The van der Waals surface area contributed by atoms with Crippen molar-refractivity contribution in [1.82, 2.24) is 5.43 Å². The summed E-state index contributed by atoms with van der Waals surface area (Å²) in [5.41, 5.74) is 2.90. The van der Waals surface area contributed by atoms with E-state index in [0.29, 0.717) is 16.5 Å². The maximum absolute atomic E-state index is 5.57. The molecule has 2 nitrogen and oxygen atoms in total. The third-order valence-electron chi connectivity index (χ3n) is 2.35. The lowest BCUT2D eigenvalue weighted by atomic mass is 10.1. The van der Waals surface area contributed by atoms with Gasteiger partial charge in [0.15, 0.2) is 0 Å². The quantitative estimate of drug-likeness (QED) is 0.437. The Balaban J connectivity index is 2.51. The molecule has 1 fully saturated rings. The molecule has 4 heteroatoms. The Morgan fingerprint density at radius 3 is 2.79 bits per heavy atom. The van der Waals surface area contributed by atoms with Crippen LogP contribution < -0.4 is 11.3 Å². The summed E-state index contributed by atoms with van der Waals surface area (Å²) in [5.74, 6) is 14.1. The lowest BCUT2D eigenvalue weighted by Crippen LogP contribution is -2.47. The molecule has 14 heavy (non-hydrogen) atoms. The SMILES string of the molecule is CC#CCC(NN)C1SCCSC1C. The van der Waals surface area contributed by atoms with Gasteiger partial charge in [-0.1, -0.05) is 6.92 Å². The van der Waals surface area contributed by atoms with Crippen molar-refractivity contribution in [3.63, 3.8) is 0 Å². The third-order valence-corrected chi connectivity index (χ3v) is 5.60. The number of rotatable bonds is 3. The van der Waals surface area contributed by atoms with Gasteiger partial charge in [0.25, 0.3) is 0 Å². The Morgan fingerprint density at radius 2 is 2.21 bits per heavy atom. The third kappa shape index (κ3) is 3.39. The molecule has 0 amide bonds. The van der Waals surface area contributed by atoms with Crippen LogP contribution in [-0.4, -0.2) is 28.0 Å². The fourth-order valence-corrected chi connectivity index (χ4v) is 4.52. The van der Waals surface area contributed by atoms with Crippen LogP contribution in [0, 0.1) is 11.8 Å². The summed E-state index contributed by atoms with van der Waals surface area (Å²) in [5, 5.41) is 1.27. The molecule has 1 saturated heterocycles. The molecule has 0 aliphatic carbocycles. The predicted molar refractivity (Wildman–Crippen MR) is 67.3 cm³/mol. The van der Waals surface area contributed by atoms with Crippen LogP contribution >= 0.6 is 23.5 Å². The van der Waals surface area contributed by atoms with Gasteiger partial charge >= 0.3 is 0 Å². The Labute approximate surface area is 95.1 Å². The summed E-state index contributed by atoms with van der Waals surface area (Å²) in [6.45, 7) is 4.16. The molecule has 1 heterocycles. The average molecular weight is 230 g/mol. The van der Waals surface area contributed by atoms with Gasteiger partial charge in [-0.05, 0) is 6.92 Å². The first kappa shape index (κ1) is 12.3. The number of hydrogen-bond donors (Lipinski definition) is 2. The second kappa shape index (κ2) is 6.62. The zero-order chi connectivity index (χ0) is 10.4. The van der Waals surface area contributed by atoms with Gasteiger partial charge < -0.3 is 0 Å². The molecular weight excluding hydrogens is 212 g/mol. The van der Waals surface area contributed by atoms with E-state index in [4.69, 9.17) is 5.84 Å². The fourth-order valence-electron chi connectivity index (χ4n) is 1.57. The van der Waals surface area contributed by atoms with Gasteiger partial charge in [-0.2, -0.15) is 23.5 Å². The molecule has 0 aromatic rings. The van der Waals surface area contributed by atoms with E-state index in [0.717, 1.165) is 6.42 Å². The number of hydrazine groups is 1. The molecule has 3 N–H and O–H groups in total. The van der Waals surface area contributed by atoms with Gasteiger partial charge in [-0.25, -0.2) is 0 Å². The number of nitrogens with two attached hydrogens (primary N) is 1. The summed E-state index contributed by atoms with van der Waals surface area (Å²) in [7, 11) is 0. The summed E-state index contributed by atoms with van der Waals surface area (Å²) < 4.78 is 0. The first-order valence-electron chi connectivity index (χ1n) is 4.88. The molecule has 1 rings (SSSR count). The average Bonchev–Trinajstić information content (AvgIpc) is 2.21. The van der Waals surface area contributed by atoms with Crippen LogP contribution in [-0.2, 0) is 0 Å². The highest BCUT2D eigenvalue weighted by Crippen LogP contribution is 2.33. The van der Waals surface area contributed by atoms with E-state index in [-0.39, 0.29) is 0 Å². The van der Waals surface area contributed by atoms with Crippen LogP contribution in [0.25, 0.3) is 0 Å². The number of nitrogens with one attached hydrogen (secondary N) is 1. The second-order valence-corrected chi connectivity index (χ2v) is 6.09. The van der Waals surface area contributed by atoms with Crippen molar-refractivity contribution in [2.24, 2.45) is 5.84 Å². The van der Waals surface area contributed by atoms with Crippen LogP contribution in [0.2, 0.25) is 0 Å². The minimum atomic E-state index is 0.329. The van der Waals surface area contributed by atoms with Gasteiger partial charge in [-0.3, -0.25) is 11.3 Å². The topological polar surface area (TPSA) is 38.0 Å². The Kier molecular flexibility index (Phi) is 5.80. The standard InChI is InChI=1S/C10H18N2S2/c1-3-4-5-9(12-11)10-8(2)13-6-7-14-10/h8-10,12H,5-7,11H2,1-2H3. The predicted octanol–water partition coefficient (Wildman–Crippen LogP) is 1.47. The first-order chi connectivity index (χ1) is 6.79. The lowest BCUT2D eigenvalue weighted by molar-refractivity contribution is 0.514. The van der Waals surface area contributed by atoms with Crippen molar-refractivity contribution in [3.05, 3.63) is 0 Å². The molecule has 0 aromatic heterocycles. The van der Waals surface area contributed by atoms with Crippen LogP contribution in [0.5, 0.6) is 0 Å². The summed E-state index contributed by atoms with van der Waals surface area (Å²) in [4.78, 5) is 0. The van der Waals surface area contributed by atoms with Crippen molar-refractivity contribution in [3.8, 4) is 11.8 Å². The van der Waals surface area contributed by atoms with Gasteiger partial charge in [0, 0.05) is 34.5 Å². The maximum atomic E-state index is 5.57. The minimum absolute atomic E-state index is 0.329. The van der Waals surface area contributed by atoms with Crippen molar-refractivity contribution in [2.45, 2.75) is 36.8 Å². The largest absolute Gasteiger partial charge is 0.271 e. The van der Waals surface area contributed by atoms with Gasteiger partial charge in [0.1, 0.15) is 0 Å². The van der Waals surface area contributed by atoms with E-state index in [1.807, 2.05) is 30.4 Å². The minimum Gasteiger partial charge on any atom is -0.271 e. The molecule has 80 valence electrons. The molecular formula is C10H18N2S2. The Bertz CT molecular complexity index is 222. The van der Waals surface area contributed by atoms with E-state index in [9.17, 15) is 0 Å². The normalized spacial score (nSPS) is 29.1. The Hall–Kier alpha value is 0.180. The number of thioether (sulfide) groups is 2. The van der Waals surface area contributed by atoms with E-state index < -0.39 is 0 Å². The van der Waals surface area contributed by atoms with E-state index in [2.05, 4.69) is 24.2 Å². The second-order valence-electron chi connectivity index (χ2n) is 3.32. The monoisotopic (exact) mass is 230 g/mol. The van der Waals surface area contributed by atoms with Crippen LogP contribution in [0.1, 0.15) is 20.3 Å². The van der Waals surface area contributed by atoms with E-state index >= 15 is 0 Å². The van der Waals surface area contributed by atoms with Gasteiger partial charge in [0.05, 0.1) is 0 Å². The van der Waals surface area contributed by atoms with E-state index in [1.54, 1.807) is 0 Å². The molecule has 3 atom stereocenters. The summed E-state index contributed by atoms with van der Waals surface area (Å²) in [6.07, 6.45) is 0.857. The van der Waals surface area contributed by atoms with Crippen LogP contribution in [0.4, 0.5) is 0 Å². The summed E-state index contributed by atoms with van der Waals surface area (Å²) in [6, 6.07) is 0.329. The van der Waals surface area contributed by atoms with Crippen LogP contribution in [0.15, 0.2) is 0 Å². The molecule has 0 radical (unpaired) electrons. The molecule has 1 aliphatic heterocycles. The van der Waals surface area contributed by atoms with Crippen molar-refractivity contribution in [1.29, 1.82) is 0 Å². The zero-order valence-electron chi connectivity index (χ0n) is 8.75. The molecule has 1 aliphatic rings. The lowest BCUT2D eigenvalue weighted by Gasteiger charge is -2.33. The van der Waals surface area contributed by atoms with Crippen LogP contribution in [0.3, 0.4) is 0 Å². The van der Waals surface area contributed by atoms with Crippen molar-refractivity contribution in [2.75, 3.05) is 11.5 Å². The number of hydrogen-bond acceptors (Lipinski definition) is 4. The van der Waals surface area contributed by atoms with Crippen molar-refractivity contribution < 1.29 is 0 Å². The first-order valence-corrected chi connectivity index (χ1v) is 6.98. The van der Waals surface area contributed by atoms with Gasteiger partial charge in [0.2, 0.25) is 0 Å². The molecule has 0 bridgehead atoms. The van der Waals surface area contributed by atoms with Gasteiger partial charge in [-0.15, -0.1) is 11.8 Å². The highest BCUT2D eigenvalue weighted by Gasteiger charge is 2.29. The summed E-state index contributed by atoms with van der Waals surface area (Å²) >= 11 is 4.06. The maximum Gasteiger partial charge on any atom is 0.0449 e.